The van der Waals surface area contributed by atoms with Crippen LogP contribution in [-0.4, -0.2) is 93.4 Å². The van der Waals surface area contributed by atoms with Crippen LogP contribution in [0.3, 0.4) is 0 Å². The number of rotatable bonds is 16. The number of benzene rings is 8. The predicted molar refractivity (Wildman–Crippen MR) is 491 cm³/mol. The standard InChI is InChI=1S/2C28H29F2N.2C27H29F2NO.CH4/c2*1-3-7-17-10-24(29)26(25(30)11-17)27-23-12-19-8-5-6-9-21(19)22(23)13-20(4-2)31(27)28-14-18(15-28)16-28;2*1-3-7-17-12-24(28)26(25(29)13-17)27-23-14-18-8-5-6-9-21(18)22(23)15-19(4-2)30(27)20-10-11-31-16-20;/h2*3,5-11,18,20,27H,4,12-16H2,1-2H3;2*3,5-9,12-13,19-20,27H,4,10-11,14-16H2,1-2H3;1H4/b4*7-3+;/t2*18?,20-,27+,28?;19-,20+,27+;19-,20-,27+;/m1011./s1. The molecule has 6 saturated carbocycles. The minimum atomic E-state index is -0.457. The van der Waals surface area contributed by atoms with Crippen LogP contribution in [0.5, 0.6) is 0 Å². The second-order valence-electron chi connectivity index (χ2n) is 37.8. The van der Waals surface area contributed by atoms with Crippen LogP contribution in [0.2, 0.25) is 0 Å². The van der Waals surface area contributed by atoms with Crippen LogP contribution in [0.1, 0.15) is 279 Å². The van der Waals surface area contributed by atoms with Gasteiger partial charge in [0.15, 0.2) is 0 Å². The summed E-state index contributed by atoms with van der Waals surface area (Å²) in [5.41, 5.74) is 23.8. The van der Waals surface area contributed by atoms with Crippen LogP contribution in [0, 0.1) is 58.4 Å². The zero-order valence-electron chi connectivity index (χ0n) is 73.0. The van der Waals surface area contributed by atoms with Crippen LogP contribution in [-0.2, 0) is 35.2 Å². The van der Waals surface area contributed by atoms with Crippen LogP contribution >= 0.6 is 0 Å². The van der Waals surface area contributed by atoms with Gasteiger partial charge in [0, 0.05) is 82.8 Å². The van der Waals surface area contributed by atoms with Crippen molar-refractivity contribution in [2.75, 3.05) is 26.4 Å². The Morgan fingerprint density at radius 2 is 0.576 bits per heavy atom. The molecule has 6 heterocycles. The summed E-state index contributed by atoms with van der Waals surface area (Å²) in [6.07, 6.45) is 34.0. The fourth-order valence-electron chi connectivity index (χ4n) is 25.3. The van der Waals surface area contributed by atoms with E-state index in [1.54, 1.807) is 36.5 Å². The van der Waals surface area contributed by atoms with Crippen LogP contribution < -0.4 is 0 Å². The summed E-state index contributed by atoms with van der Waals surface area (Å²) in [6, 6.07) is 46.0. The first-order chi connectivity index (χ1) is 60.3. The van der Waals surface area contributed by atoms with Crippen LogP contribution in [0.15, 0.2) is 192 Å². The van der Waals surface area contributed by atoms with Crippen molar-refractivity contribution >= 4 is 46.6 Å². The zero-order valence-corrected chi connectivity index (χ0v) is 73.0. The first kappa shape index (κ1) is 86.6. The summed E-state index contributed by atoms with van der Waals surface area (Å²) >= 11 is 0. The van der Waals surface area contributed by atoms with Crippen molar-refractivity contribution < 1.29 is 44.6 Å². The van der Waals surface area contributed by atoms with Crippen molar-refractivity contribution in [2.45, 2.75) is 263 Å². The van der Waals surface area contributed by atoms with E-state index in [0.717, 1.165) is 113 Å². The monoisotopic (exact) mass is 1690 g/mol. The van der Waals surface area contributed by atoms with E-state index in [1.165, 1.54) is 165 Å². The summed E-state index contributed by atoms with van der Waals surface area (Å²) in [5.74, 6) is -1.82. The second kappa shape index (κ2) is 35.5. The summed E-state index contributed by atoms with van der Waals surface area (Å²) < 4.78 is 136. The van der Waals surface area contributed by atoms with Crippen molar-refractivity contribution in [2.24, 2.45) is 11.8 Å². The van der Waals surface area contributed by atoms with Crippen molar-refractivity contribution in [3.63, 3.8) is 0 Å². The fourth-order valence-corrected chi connectivity index (χ4v) is 25.3. The smallest absolute Gasteiger partial charge is 0.131 e. The van der Waals surface area contributed by atoms with E-state index >= 15 is 35.1 Å². The average molecular weight is 1690 g/mol. The lowest BCUT2D eigenvalue weighted by molar-refractivity contribution is -0.176. The minimum absolute atomic E-state index is 0. The molecule has 6 nitrogen and oxygen atoms in total. The Morgan fingerprint density at radius 3 is 0.800 bits per heavy atom. The molecule has 652 valence electrons. The largest absolute Gasteiger partial charge is 0.380 e. The molecule has 0 aromatic heterocycles. The Bertz CT molecular complexity index is 5280. The molecule has 0 N–H and O–H groups in total. The van der Waals surface area contributed by atoms with Crippen molar-refractivity contribution in [3.05, 3.63) is 328 Å². The van der Waals surface area contributed by atoms with Gasteiger partial charge >= 0.3 is 0 Å². The van der Waals surface area contributed by atoms with E-state index in [-0.39, 0.29) is 77.0 Å². The topological polar surface area (TPSA) is 31.4 Å². The van der Waals surface area contributed by atoms with Gasteiger partial charge in [-0.1, -0.05) is 181 Å². The molecule has 10 atom stereocenters. The minimum Gasteiger partial charge on any atom is -0.380 e. The summed E-state index contributed by atoms with van der Waals surface area (Å²) in [5, 5.41) is 0. The highest BCUT2D eigenvalue weighted by Crippen LogP contribution is 2.68. The van der Waals surface area contributed by atoms with Gasteiger partial charge in [-0.2, -0.15) is 0 Å². The third-order valence-electron chi connectivity index (χ3n) is 30.9. The number of ether oxygens (including phenoxy) is 2. The summed E-state index contributed by atoms with van der Waals surface area (Å²) in [4.78, 5) is 9.90. The van der Waals surface area contributed by atoms with Gasteiger partial charge in [-0.15, -0.1) is 0 Å². The molecule has 8 aromatic carbocycles. The number of allylic oxidation sites excluding steroid dienone is 4. The Hall–Kier alpha value is -9.12. The Balaban J connectivity index is 0.000000113. The van der Waals surface area contributed by atoms with Gasteiger partial charge in [0.2, 0.25) is 0 Å². The Labute approximate surface area is 735 Å². The lowest BCUT2D eigenvalue weighted by atomic mass is 9.48. The Morgan fingerprint density at radius 1 is 0.336 bits per heavy atom. The van der Waals surface area contributed by atoms with Gasteiger partial charge in [0.05, 0.1) is 37.4 Å². The lowest BCUT2D eigenvalue weighted by Gasteiger charge is -2.70. The third kappa shape index (κ3) is 15.1. The molecule has 10 aliphatic carbocycles. The van der Waals surface area contributed by atoms with Crippen molar-refractivity contribution in [1.29, 1.82) is 0 Å². The molecule has 24 rings (SSSR count). The summed E-state index contributed by atoms with van der Waals surface area (Å²) in [7, 11) is 0. The molecule has 16 aliphatic rings. The quantitative estimate of drug-likeness (QED) is 0.0897. The maximum absolute atomic E-state index is 15.6. The average Bonchev–Trinajstić information content (AvgIpc) is 1.55. The number of halogens is 8. The van der Waals surface area contributed by atoms with Gasteiger partial charge in [0.25, 0.3) is 0 Å². The maximum Gasteiger partial charge on any atom is 0.131 e. The molecule has 0 unspecified atom stereocenters. The van der Waals surface area contributed by atoms with Crippen LogP contribution in [0.4, 0.5) is 35.1 Å². The molecular weight excluding hydrogens is 1570 g/mol. The van der Waals surface area contributed by atoms with Crippen molar-refractivity contribution in [3.8, 4) is 0 Å². The van der Waals surface area contributed by atoms with Crippen molar-refractivity contribution in [1.82, 2.24) is 19.6 Å². The number of fused-ring (bicyclic) bond motifs is 8. The molecule has 2 saturated heterocycles. The highest BCUT2D eigenvalue weighted by Gasteiger charge is 2.66. The number of nitrogens with zero attached hydrogens (tertiary/aromatic N) is 4. The van der Waals surface area contributed by atoms with E-state index < -0.39 is 58.6 Å². The first-order valence-electron chi connectivity index (χ1n) is 46.3. The van der Waals surface area contributed by atoms with Gasteiger partial charge in [0.1, 0.15) is 46.5 Å². The lowest BCUT2D eigenvalue weighted by Crippen LogP contribution is -2.71. The molecule has 6 aliphatic heterocycles. The molecule has 8 aromatic rings. The maximum atomic E-state index is 15.6. The second-order valence-corrected chi connectivity index (χ2v) is 37.8. The molecule has 0 radical (unpaired) electrons. The molecule has 14 heteroatoms. The predicted octanol–water partition coefficient (Wildman–Crippen LogP) is 27.5. The van der Waals surface area contributed by atoms with E-state index in [4.69, 9.17) is 9.47 Å². The highest BCUT2D eigenvalue weighted by molar-refractivity contribution is 5.83. The van der Waals surface area contributed by atoms with E-state index in [9.17, 15) is 0 Å². The number of hydrogen-bond donors (Lipinski definition) is 0. The fraction of sp³-hybridized carbons (Fsp3) is 0.423. The molecule has 4 bridgehead atoms. The van der Waals surface area contributed by atoms with Crippen LogP contribution in [0.25, 0.3) is 46.6 Å². The molecule has 0 amide bonds. The van der Waals surface area contributed by atoms with Gasteiger partial charge < -0.3 is 9.47 Å². The normalized spacial score (nSPS) is 28.5. The molecule has 8 fully saturated rings. The number of hydrogen-bond acceptors (Lipinski definition) is 6. The summed E-state index contributed by atoms with van der Waals surface area (Å²) in [6.45, 7) is 18.9. The SMILES string of the molecule is C.C/C=C/c1cc(F)c([C@@H]2C3=C(C[C@@H](CC)N2C24CC(C2)C4)c2ccccc2C3)c(F)c1.C/C=C/c1cc(F)c([C@@H]2C3=C(C[C@@H](CC)N2[C@@H]2CCOC2)c2ccccc2C3)c(F)c1.C/C=C/c1cc(F)c([C@@H]2C3=C(C[C@@H](CC)N2[C@H]2CCOC2)c2ccccc2C3)c(F)c1.C/C=C/c1cc(F)c([C@H]2C3=C(C[C@H](CC)N2C24CC(C2)C4)c2ccccc2C3)c(F)c1. The zero-order chi connectivity index (χ0) is 85.7. The third-order valence-corrected chi connectivity index (χ3v) is 30.9. The van der Waals surface area contributed by atoms with E-state index in [1.807, 2.05) is 39.8 Å². The molecule has 125 heavy (non-hydrogen) atoms. The highest BCUT2D eigenvalue weighted by atomic mass is 19.2. The van der Waals surface area contributed by atoms with E-state index in [2.05, 4.69) is 144 Å². The van der Waals surface area contributed by atoms with Gasteiger partial charge in [-0.05, 0) is 328 Å². The van der Waals surface area contributed by atoms with Gasteiger partial charge in [-0.3, -0.25) is 19.6 Å². The Kier molecular flexibility index (Phi) is 24.6. The molecule has 0 spiro atoms. The van der Waals surface area contributed by atoms with Gasteiger partial charge in [-0.25, -0.2) is 35.1 Å². The van der Waals surface area contributed by atoms with E-state index in [0.29, 0.717) is 60.8 Å². The first-order valence-corrected chi connectivity index (χ1v) is 46.3. The molecular formula is C111H120F8N4O2.